The van der Waals surface area contributed by atoms with Gasteiger partial charge in [-0.15, -0.1) is 0 Å². The smallest absolute Gasteiger partial charge is 0.190 e. The van der Waals surface area contributed by atoms with E-state index in [1.54, 1.807) is 17.8 Å². The molecule has 0 radical (unpaired) electrons. The molecule has 6 heteroatoms. The topological polar surface area (TPSA) is 69.6 Å². The Hall–Kier alpha value is -1.56. The number of hydrogen-bond acceptors (Lipinski definition) is 5. The Labute approximate surface area is 104 Å². The first-order valence-electron chi connectivity index (χ1n) is 5.28. The molecule has 0 saturated heterocycles. The summed E-state index contributed by atoms with van der Waals surface area (Å²) in [5.74, 6) is 1.31. The number of nitrogens with two attached hydrogens (primary N) is 1. The average Bonchev–Trinajstić information content (AvgIpc) is 2.53. The maximum atomic E-state index is 5.68. The van der Waals surface area contributed by atoms with Crippen LogP contribution in [0.2, 0.25) is 0 Å². The normalized spacial score (nSPS) is 10.8. The molecule has 2 aromatic rings. The van der Waals surface area contributed by atoms with Gasteiger partial charge in [-0.3, -0.25) is 4.68 Å². The molecule has 90 valence electrons. The summed E-state index contributed by atoms with van der Waals surface area (Å²) < 4.78 is 1.88. The maximum absolute atomic E-state index is 5.68. The SMILES string of the molecule is Cc1cc(N)nc(SCc2cc(C)nn2C)n1. The largest absolute Gasteiger partial charge is 0.384 e. The predicted molar refractivity (Wildman–Crippen MR) is 68.7 cm³/mol. The van der Waals surface area contributed by atoms with E-state index in [9.17, 15) is 0 Å². The first kappa shape index (κ1) is 11.9. The van der Waals surface area contributed by atoms with Crippen LogP contribution in [-0.4, -0.2) is 19.7 Å². The molecule has 0 amide bonds. The van der Waals surface area contributed by atoms with E-state index in [2.05, 4.69) is 21.1 Å². The van der Waals surface area contributed by atoms with Crippen LogP contribution in [0.15, 0.2) is 17.3 Å². The molecule has 0 fully saturated rings. The minimum Gasteiger partial charge on any atom is -0.384 e. The highest BCUT2D eigenvalue weighted by Crippen LogP contribution is 2.20. The minimum atomic E-state index is 0.515. The lowest BCUT2D eigenvalue weighted by atomic mass is 10.4. The molecule has 0 aromatic carbocycles. The Morgan fingerprint density at radius 1 is 1.24 bits per heavy atom. The van der Waals surface area contributed by atoms with E-state index in [4.69, 9.17) is 5.73 Å². The molecule has 2 N–H and O–H groups in total. The third-order valence-corrected chi connectivity index (χ3v) is 3.18. The fourth-order valence-corrected chi connectivity index (χ4v) is 2.49. The molecule has 2 heterocycles. The van der Waals surface area contributed by atoms with Gasteiger partial charge >= 0.3 is 0 Å². The molecule has 0 aliphatic rings. The summed E-state index contributed by atoms with van der Waals surface area (Å²) in [7, 11) is 1.94. The van der Waals surface area contributed by atoms with Crippen LogP contribution in [0.25, 0.3) is 0 Å². The molecule has 5 nitrogen and oxygen atoms in total. The van der Waals surface area contributed by atoms with Gasteiger partial charge in [-0.2, -0.15) is 5.10 Å². The number of anilines is 1. The lowest BCUT2D eigenvalue weighted by molar-refractivity contribution is 0.727. The molecule has 0 saturated carbocycles. The maximum Gasteiger partial charge on any atom is 0.190 e. The van der Waals surface area contributed by atoms with Crippen molar-refractivity contribution < 1.29 is 0 Å². The quantitative estimate of drug-likeness (QED) is 0.662. The Balaban J connectivity index is 2.09. The fraction of sp³-hybridized carbons (Fsp3) is 0.364. The molecule has 0 aliphatic carbocycles. The van der Waals surface area contributed by atoms with Crippen molar-refractivity contribution in [1.29, 1.82) is 0 Å². The van der Waals surface area contributed by atoms with Crippen LogP contribution in [0, 0.1) is 13.8 Å². The second kappa shape index (κ2) is 4.75. The number of aromatic nitrogens is 4. The van der Waals surface area contributed by atoms with Crippen molar-refractivity contribution in [2.24, 2.45) is 7.05 Å². The van der Waals surface area contributed by atoms with Crippen molar-refractivity contribution >= 4 is 17.6 Å². The Morgan fingerprint density at radius 3 is 2.59 bits per heavy atom. The summed E-state index contributed by atoms with van der Waals surface area (Å²) in [6, 6.07) is 3.82. The number of nitrogens with zero attached hydrogens (tertiary/aromatic N) is 4. The minimum absolute atomic E-state index is 0.515. The molecule has 2 aromatic heterocycles. The van der Waals surface area contributed by atoms with E-state index >= 15 is 0 Å². The van der Waals surface area contributed by atoms with Gasteiger partial charge in [-0.1, -0.05) is 11.8 Å². The van der Waals surface area contributed by atoms with E-state index in [0.717, 1.165) is 22.8 Å². The second-order valence-corrected chi connectivity index (χ2v) is 4.85. The number of nitrogen functional groups attached to an aromatic ring is 1. The summed E-state index contributed by atoms with van der Waals surface area (Å²) in [5.41, 5.74) is 8.74. The third kappa shape index (κ3) is 2.97. The summed E-state index contributed by atoms with van der Waals surface area (Å²) in [6.45, 7) is 3.89. The lowest BCUT2D eigenvalue weighted by Crippen LogP contribution is -1.99. The summed E-state index contributed by atoms with van der Waals surface area (Å²) in [6.07, 6.45) is 0. The zero-order valence-electron chi connectivity index (χ0n) is 10.1. The van der Waals surface area contributed by atoms with Gasteiger partial charge in [-0.25, -0.2) is 9.97 Å². The Morgan fingerprint density at radius 2 is 2.00 bits per heavy atom. The van der Waals surface area contributed by atoms with E-state index in [0.29, 0.717) is 11.0 Å². The van der Waals surface area contributed by atoms with Crippen molar-refractivity contribution in [1.82, 2.24) is 19.7 Å². The Kier molecular flexibility index (Phi) is 3.33. The zero-order valence-corrected chi connectivity index (χ0v) is 11.0. The van der Waals surface area contributed by atoms with Gasteiger partial charge < -0.3 is 5.73 Å². The molecular formula is C11H15N5S. The van der Waals surface area contributed by atoms with Gasteiger partial charge in [-0.05, 0) is 19.9 Å². The van der Waals surface area contributed by atoms with E-state index < -0.39 is 0 Å². The molecule has 17 heavy (non-hydrogen) atoms. The molecule has 0 bridgehead atoms. The molecule has 0 aliphatic heterocycles. The van der Waals surface area contributed by atoms with Crippen molar-refractivity contribution in [2.75, 3.05) is 5.73 Å². The van der Waals surface area contributed by atoms with Crippen LogP contribution < -0.4 is 5.73 Å². The van der Waals surface area contributed by atoms with Gasteiger partial charge in [0.1, 0.15) is 5.82 Å². The number of hydrogen-bond donors (Lipinski definition) is 1. The summed E-state index contributed by atoms with van der Waals surface area (Å²) >= 11 is 1.57. The van der Waals surface area contributed by atoms with Gasteiger partial charge in [0.05, 0.1) is 5.69 Å². The van der Waals surface area contributed by atoms with E-state index in [-0.39, 0.29) is 0 Å². The van der Waals surface area contributed by atoms with Gasteiger partial charge in [0.2, 0.25) is 0 Å². The molecule has 0 atom stereocenters. The molecule has 0 unspecified atom stereocenters. The summed E-state index contributed by atoms with van der Waals surface area (Å²) in [4.78, 5) is 8.51. The first-order chi connectivity index (χ1) is 8.04. The zero-order chi connectivity index (χ0) is 12.4. The van der Waals surface area contributed by atoms with Crippen LogP contribution in [0.5, 0.6) is 0 Å². The first-order valence-corrected chi connectivity index (χ1v) is 6.26. The van der Waals surface area contributed by atoms with Crippen molar-refractivity contribution in [2.45, 2.75) is 24.8 Å². The van der Waals surface area contributed by atoms with Gasteiger partial charge in [0.25, 0.3) is 0 Å². The molecule has 0 spiro atoms. The number of rotatable bonds is 3. The number of aryl methyl sites for hydroxylation is 3. The van der Waals surface area contributed by atoms with E-state index in [1.165, 1.54) is 0 Å². The second-order valence-electron chi connectivity index (χ2n) is 3.91. The Bertz CT molecular complexity index is 514. The standard InChI is InChI=1S/C11H15N5S/c1-7-5-10(12)14-11(13-7)17-6-9-4-8(2)15-16(9)3/h4-5H,6H2,1-3H3,(H2,12,13,14). The van der Waals surface area contributed by atoms with Crippen LogP contribution in [0.4, 0.5) is 5.82 Å². The molecule has 2 rings (SSSR count). The van der Waals surface area contributed by atoms with Gasteiger partial charge in [0, 0.05) is 30.3 Å². The van der Waals surface area contributed by atoms with Crippen molar-refractivity contribution in [3.63, 3.8) is 0 Å². The van der Waals surface area contributed by atoms with Crippen molar-refractivity contribution in [3.05, 3.63) is 29.2 Å². The number of thioether (sulfide) groups is 1. The lowest BCUT2D eigenvalue weighted by Gasteiger charge is -2.03. The van der Waals surface area contributed by atoms with Crippen LogP contribution in [0.1, 0.15) is 17.1 Å². The fourth-order valence-electron chi connectivity index (χ4n) is 1.57. The van der Waals surface area contributed by atoms with Crippen molar-refractivity contribution in [3.8, 4) is 0 Å². The van der Waals surface area contributed by atoms with E-state index in [1.807, 2.05) is 25.6 Å². The van der Waals surface area contributed by atoms with Crippen LogP contribution >= 0.6 is 11.8 Å². The highest BCUT2D eigenvalue weighted by Gasteiger charge is 2.05. The van der Waals surface area contributed by atoms with Crippen LogP contribution in [-0.2, 0) is 12.8 Å². The average molecular weight is 249 g/mol. The third-order valence-electron chi connectivity index (χ3n) is 2.30. The van der Waals surface area contributed by atoms with Crippen LogP contribution in [0.3, 0.4) is 0 Å². The monoisotopic (exact) mass is 249 g/mol. The predicted octanol–water partition coefficient (Wildman–Crippen LogP) is 1.70. The summed E-state index contributed by atoms with van der Waals surface area (Å²) in [5, 5.41) is 5.01. The highest BCUT2D eigenvalue weighted by atomic mass is 32.2. The molecular weight excluding hydrogens is 234 g/mol. The highest BCUT2D eigenvalue weighted by molar-refractivity contribution is 7.98. The van der Waals surface area contributed by atoms with Gasteiger partial charge in [0.15, 0.2) is 5.16 Å².